The Morgan fingerprint density at radius 3 is 2.86 bits per heavy atom. The largest absolute Gasteiger partial charge is 0.382 e. The zero-order valence-electron chi connectivity index (χ0n) is 15.3. The zero-order chi connectivity index (χ0) is 19.3. The Balaban J connectivity index is 1.49. The molecule has 0 radical (unpaired) electrons. The van der Waals surface area contributed by atoms with Gasteiger partial charge in [0.25, 0.3) is 0 Å². The molecule has 5 rings (SSSR count). The van der Waals surface area contributed by atoms with Crippen molar-refractivity contribution in [3.8, 4) is 11.3 Å². The van der Waals surface area contributed by atoms with Gasteiger partial charge in [-0.15, -0.1) is 5.10 Å². The van der Waals surface area contributed by atoms with Crippen molar-refractivity contribution >= 4 is 22.9 Å². The molecule has 28 heavy (non-hydrogen) atoms. The van der Waals surface area contributed by atoms with Crippen molar-refractivity contribution in [3.63, 3.8) is 0 Å². The van der Waals surface area contributed by atoms with Gasteiger partial charge in [0.1, 0.15) is 11.7 Å². The van der Waals surface area contributed by atoms with Crippen LogP contribution in [-0.2, 0) is 0 Å². The van der Waals surface area contributed by atoms with E-state index in [0.29, 0.717) is 30.4 Å². The maximum atomic E-state index is 14.2. The third kappa shape index (κ3) is 2.73. The summed E-state index contributed by atoms with van der Waals surface area (Å²) in [4.78, 5) is 11.0. The molecule has 0 spiro atoms. The van der Waals surface area contributed by atoms with E-state index in [0.717, 1.165) is 23.4 Å². The number of nitrogens with two attached hydrogens (primary N) is 1. The summed E-state index contributed by atoms with van der Waals surface area (Å²) in [5.74, 6) is 0.630. The molecule has 1 fully saturated rings. The summed E-state index contributed by atoms with van der Waals surface area (Å²) in [7, 11) is 0. The molecular weight excluding hydrogens is 361 g/mol. The first-order valence-electron chi connectivity index (χ1n) is 9.21. The first-order chi connectivity index (χ1) is 13.6. The molecule has 0 bridgehead atoms. The SMILES string of the molecule is CCN1C[C@H](F)[C@H](Nc2nc(N)c3c(-c4ccn5nccc5n4)ccn3n2)C1. The van der Waals surface area contributed by atoms with Crippen molar-refractivity contribution in [1.29, 1.82) is 0 Å². The highest BCUT2D eigenvalue weighted by Crippen LogP contribution is 2.28. The van der Waals surface area contributed by atoms with Crippen LogP contribution in [0.2, 0.25) is 0 Å². The highest BCUT2D eigenvalue weighted by atomic mass is 19.1. The van der Waals surface area contributed by atoms with Gasteiger partial charge >= 0.3 is 0 Å². The Labute approximate surface area is 160 Å². The maximum absolute atomic E-state index is 14.2. The van der Waals surface area contributed by atoms with Crippen LogP contribution in [0.25, 0.3) is 22.4 Å². The normalized spacial score (nSPS) is 20.4. The topological polar surface area (TPSA) is 102 Å². The lowest BCUT2D eigenvalue weighted by Gasteiger charge is -2.15. The molecule has 1 saturated heterocycles. The minimum Gasteiger partial charge on any atom is -0.382 e. The van der Waals surface area contributed by atoms with Crippen molar-refractivity contribution < 1.29 is 4.39 Å². The molecule has 9 nitrogen and oxygen atoms in total. The van der Waals surface area contributed by atoms with Gasteiger partial charge in [0.2, 0.25) is 5.95 Å². The number of likely N-dealkylation sites (tertiary alicyclic amines) is 1. The van der Waals surface area contributed by atoms with Crippen LogP contribution in [0.15, 0.2) is 36.8 Å². The first-order valence-corrected chi connectivity index (χ1v) is 9.21. The Morgan fingerprint density at radius 1 is 1.18 bits per heavy atom. The lowest BCUT2D eigenvalue weighted by molar-refractivity contribution is 0.295. The van der Waals surface area contributed by atoms with Gasteiger partial charge in [0.05, 0.1) is 17.9 Å². The second-order valence-corrected chi connectivity index (χ2v) is 6.91. The number of hydrogen-bond acceptors (Lipinski definition) is 7. The number of anilines is 2. The molecule has 0 saturated carbocycles. The van der Waals surface area contributed by atoms with Gasteiger partial charge in [-0.05, 0) is 18.7 Å². The summed E-state index contributed by atoms with van der Waals surface area (Å²) in [6, 6.07) is 5.24. The van der Waals surface area contributed by atoms with Gasteiger partial charge in [-0.3, -0.25) is 4.90 Å². The number of rotatable bonds is 4. The van der Waals surface area contributed by atoms with E-state index in [1.165, 1.54) is 0 Å². The van der Waals surface area contributed by atoms with E-state index in [-0.39, 0.29) is 6.04 Å². The van der Waals surface area contributed by atoms with Gasteiger partial charge in [0, 0.05) is 37.1 Å². The minimum absolute atomic E-state index is 0.313. The fraction of sp³-hybridized carbons (Fsp3) is 0.333. The number of aromatic nitrogens is 6. The molecule has 4 aromatic rings. The Kier molecular flexibility index (Phi) is 3.86. The smallest absolute Gasteiger partial charge is 0.243 e. The van der Waals surface area contributed by atoms with Crippen molar-refractivity contribution in [2.24, 2.45) is 0 Å². The average Bonchev–Trinajstić information content (AvgIpc) is 3.39. The summed E-state index contributed by atoms with van der Waals surface area (Å²) in [6.07, 6.45) is 4.37. The van der Waals surface area contributed by atoms with Crippen LogP contribution in [0.3, 0.4) is 0 Å². The molecule has 4 aromatic heterocycles. The minimum atomic E-state index is -0.965. The number of likely N-dealkylation sites (N-methyl/N-ethyl adjacent to an activating group) is 1. The van der Waals surface area contributed by atoms with Crippen LogP contribution >= 0.6 is 0 Å². The first kappa shape index (κ1) is 16.9. The molecule has 1 aliphatic rings. The van der Waals surface area contributed by atoms with Crippen LogP contribution in [-0.4, -0.2) is 65.9 Å². The average molecular weight is 381 g/mol. The van der Waals surface area contributed by atoms with Crippen molar-refractivity contribution in [2.75, 3.05) is 30.7 Å². The standard InChI is InChI=1S/C18H20FN9/c1-2-26-9-12(19)14(10-26)23-18-24-17(20)16-11(4-7-28(16)25-18)13-5-8-27-15(22-13)3-6-21-27/h3-8,12,14H,2,9-10H2,1H3,(H3,20,23,24,25)/t12-,14+/m0/s1. The van der Waals surface area contributed by atoms with Gasteiger partial charge < -0.3 is 11.1 Å². The predicted molar refractivity (Wildman–Crippen MR) is 104 cm³/mol. The van der Waals surface area contributed by atoms with E-state index in [4.69, 9.17) is 5.73 Å². The number of nitrogens with zero attached hydrogens (tertiary/aromatic N) is 7. The molecule has 0 aliphatic carbocycles. The second kappa shape index (κ2) is 6.41. The Hall–Kier alpha value is -3.27. The summed E-state index contributed by atoms with van der Waals surface area (Å²) in [6.45, 7) is 3.87. The van der Waals surface area contributed by atoms with Crippen LogP contribution < -0.4 is 11.1 Å². The highest BCUT2D eigenvalue weighted by molar-refractivity contribution is 5.86. The van der Waals surface area contributed by atoms with E-state index in [1.807, 2.05) is 31.3 Å². The molecule has 0 aromatic carbocycles. The molecule has 0 unspecified atom stereocenters. The number of hydrogen-bond donors (Lipinski definition) is 2. The van der Waals surface area contributed by atoms with Crippen molar-refractivity contribution in [3.05, 3.63) is 36.8 Å². The summed E-state index contributed by atoms with van der Waals surface area (Å²) < 4.78 is 17.6. The number of halogens is 1. The summed E-state index contributed by atoms with van der Waals surface area (Å²) in [5, 5.41) is 11.7. The van der Waals surface area contributed by atoms with E-state index < -0.39 is 6.17 Å². The molecule has 144 valence electrons. The number of fused-ring (bicyclic) bond motifs is 2. The molecular formula is C18H20FN9. The maximum Gasteiger partial charge on any atom is 0.243 e. The molecule has 5 heterocycles. The third-order valence-corrected chi connectivity index (χ3v) is 5.16. The second-order valence-electron chi connectivity index (χ2n) is 6.91. The fourth-order valence-corrected chi connectivity index (χ4v) is 3.68. The van der Waals surface area contributed by atoms with Crippen LogP contribution in [0.5, 0.6) is 0 Å². The molecule has 2 atom stereocenters. The monoisotopic (exact) mass is 381 g/mol. The van der Waals surface area contributed by atoms with Gasteiger partial charge in [-0.2, -0.15) is 10.1 Å². The van der Waals surface area contributed by atoms with Crippen LogP contribution in [0.4, 0.5) is 16.2 Å². The molecule has 3 N–H and O–H groups in total. The van der Waals surface area contributed by atoms with Crippen molar-refractivity contribution in [2.45, 2.75) is 19.1 Å². The number of nitrogens with one attached hydrogen (secondary N) is 1. The molecule has 0 amide bonds. The molecule has 10 heteroatoms. The van der Waals surface area contributed by atoms with E-state index >= 15 is 0 Å². The van der Waals surface area contributed by atoms with Gasteiger partial charge in [0.15, 0.2) is 11.5 Å². The van der Waals surface area contributed by atoms with E-state index in [2.05, 4.69) is 30.4 Å². The Morgan fingerprint density at radius 2 is 2.04 bits per heavy atom. The van der Waals surface area contributed by atoms with Crippen molar-refractivity contribution in [1.82, 2.24) is 34.1 Å². The zero-order valence-corrected chi connectivity index (χ0v) is 15.3. The van der Waals surface area contributed by atoms with Gasteiger partial charge in [-0.1, -0.05) is 6.92 Å². The van der Waals surface area contributed by atoms with E-state index in [1.54, 1.807) is 21.4 Å². The lowest BCUT2D eigenvalue weighted by Crippen LogP contribution is -2.31. The number of nitrogen functional groups attached to an aromatic ring is 1. The summed E-state index contributed by atoms with van der Waals surface area (Å²) >= 11 is 0. The van der Waals surface area contributed by atoms with Gasteiger partial charge in [-0.25, -0.2) is 18.4 Å². The summed E-state index contributed by atoms with van der Waals surface area (Å²) in [5.41, 5.74) is 9.22. The Bertz CT molecular complexity index is 1150. The number of alkyl halides is 1. The lowest BCUT2D eigenvalue weighted by atomic mass is 10.2. The van der Waals surface area contributed by atoms with E-state index in [9.17, 15) is 4.39 Å². The fourth-order valence-electron chi connectivity index (χ4n) is 3.68. The van der Waals surface area contributed by atoms with Crippen LogP contribution in [0.1, 0.15) is 6.92 Å². The predicted octanol–water partition coefficient (Wildman–Crippen LogP) is 1.48. The molecule has 1 aliphatic heterocycles. The third-order valence-electron chi connectivity index (χ3n) is 5.16. The highest BCUT2D eigenvalue weighted by Gasteiger charge is 2.32. The van der Waals surface area contributed by atoms with Crippen LogP contribution in [0, 0.1) is 0 Å². The quantitative estimate of drug-likeness (QED) is 0.552.